The molecule has 104 valence electrons. The van der Waals surface area contributed by atoms with E-state index in [1.54, 1.807) is 6.08 Å². The smallest absolute Gasteiger partial charge is 0.193 e. The van der Waals surface area contributed by atoms with Crippen molar-refractivity contribution in [1.82, 2.24) is 0 Å². The molecule has 0 amide bonds. The molecule has 1 rings (SSSR count). The van der Waals surface area contributed by atoms with Crippen LogP contribution in [0.5, 0.6) is 0 Å². The van der Waals surface area contributed by atoms with Crippen molar-refractivity contribution in [3.8, 4) is 0 Å². The number of hydrogen-bond donors (Lipinski definition) is 0. The average Bonchev–Trinajstić information content (AvgIpc) is 2.34. The molecular formula is C17H26OSi. The Morgan fingerprint density at radius 2 is 1.74 bits per heavy atom. The molecule has 0 aliphatic rings. The summed E-state index contributed by atoms with van der Waals surface area (Å²) >= 11 is 0. The lowest BCUT2D eigenvalue weighted by Crippen LogP contribution is -2.41. The van der Waals surface area contributed by atoms with E-state index in [9.17, 15) is 0 Å². The maximum atomic E-state index is 6.49. The first-order chi connectivity index (χ1) is 8.78. The number of allylic oxidation sites excluding steroid dienone is 2. The van der Waals surface area contributed by atoms with E-state index in [1.807, 2.05) is 12.1 Å². The number of hydrogen-bond acceptors (Lipinski definition) is 1. The zero-order valence-corrected chi connectivity index (χ0v) is 13.8. The van der Waals surface area contributed by atoms with Gasteiger partial charge in [0.2, 0.25) is 0 Å². The van der Waals surface area contributed by atoms with Gasteiger partial charge in [-0.25, -0.2) is 0 Å². The molecule has 0 aromatic heterocycles. The monoisotopic (exact) mass is 274 g/mol. The predicted molar refractivity (Wildman–Crippen MR) is 86.8 cm³/mol. The van der Waals surface area contributed by atoms with Crippen LogP contribution in [0.15, 0.2) is 55.1 Å². The quantitative estimate of drug-likeness (QED) is 0.509. The molecule has 19 heavy (non-hydrogen) atoms. The third-order valence-electron chi connectivity index (χ3n) is 3.78. The van der Waals surface area contributed by atoms with Crippen LogP contribution in [-0.2, 0) is 4.43 Å². The molecule has 0 radical (unpaired) electrons. The summed E-state index contributed by atoms with van der Waals surface area (Å²) in [6, 6.07) is 10.4. The maximum Gasteiger partial charge on any atom is 0.193 e. The fourth-order valence-corrected chi connectivity index (χ4v) is 2.74. The first-order valence-corrected chi connectivity index (χ1v) is 9.71. The lowest BCUT2D eigenvalue weighted by Gasteiger charge is -2.38. The second-order valence-electron chi connectivity index (χ2n) is 6.33. The summed E-state index contributed by atoms with van der Waals surface area (Å²) in [6.07, 6.45) is 5.86. The Morgan fingerprint density at radius 1 is 1.16 bits per heavy atom. The minimum atomic E-state index is -1.79. The molecule has 2 heteroatoms. The molecule has 0 saturated heterocycles. The molecule has 0 bridgehead atoms. The lowest BCUT2D eigenvalue weighted by atomic mass is 10.1. The maximum absolute atomic E-state index is 6.49. The second kappa shape index (κ2) is 6.35. The van der Waals surface area contributed by atoms with Crippen LogP contribution in [0.25, 0.3) is 0 Å². The third kappa shape index (κ3) is 4.48. The molecular weight excluding hydrogens is 248 g/mol. The summed E-state index contributed by atoms with van der Waals surface area (Å²) < 4.78 is 6.49. The van der Waals surface area contributed by atoms with Crippen molar-refractivity contribution in [2.45, 2.75) is 45.0 Å². The van der Waals surface area contributed by atoms with Gasteiger partial charge in [0.1, 0.15) is 0 Å². The Kier molecular flexibility index (Phi) is 5.33. The van der Waals surface area contributed by atoms with Gasteiger partial charge in [0.05, 0.1) is 6.10 Å². The van der Waals surface area contributed by atoms with Gasteiger partial charge >= 0.3 is 0 Å². The molecule has 0 unspecified atom stereocenters. The Bertz CT molecular complexity index is 426. The Hall–Kier alpha value is -1.12. The highest BCUT2D eigenvalue weighted by Gasteiger charge is 2.38. The largest absolute Gasteiger partial charge is 0.407 e. The van der Waals surface area contributed by atoms with Gasteiger partial charge in [-0.05, 0) is 23.7 Å². The van der Waals surface area contributed by atoms with Crippen LogP contribution < -0.4 is 0 Å². The summed E-state index contributed by atoms with van der Waals surface area (Å²) in [5.41, 5.74) is 1.20. The Balaban J connectivity index is 3.00. The van der Waals surface area contributed by atoms with E-state index in [0.717, 1.165) is 0 Å². The first kappa shape index (κ1) is 15.9. The average molecular weight is 274 g/mol. The van der Waals surface area contributed by atoms with E-state index >= 15 is 0 Å². The zero-order valence-electron chi connectivity index (χ0n) is 12.8. The molecule has 0 fully saturated rings. The highest BCUT2D eigenvalue weighted by Crippen LogP contribution is 2.40. The van der Waals surface area contributed by atoms with Crippen molar-refractivity contribution in [1.29, 1.82) is 0 Å². The van der Waals surface area contributed by atoms with Crippen LogP contribution in [0.3, 0.4) is 0 Å². The molecule has 1 atom stereocenters. The minimum Gasteiger partial charge on any atom is -0.407 e. The third-order valence-corrected chi connectivity index (χ3v) is 8.23. The normalized spacial score (nSPS) is 14.6. The van der Waals surface area contributed by atoms with Gasteiger partial charge < -0.3 is 4.43 Å². The van der Waals surface area contributed by atoms with Crippen molar-refractivity contribution in [2.75, 3.05) is 0 Å². The topological polar surface area (TPSA) is 9.23 Å². The SMILES string of the molecule is C=C/C=C/[C@@H](O[Si](C)(C)C(C)(C)C)c1ccccc1. The Morgan fingerprint density at radius 3 is 2.21 bits per heavy atom. The van der Waals surface area contributed by atoms with Gasteiger partial charge in [0.25, 0.3) is 0 Å². The fraction of sp³-hybridized carbons (Fsp3) is 0.412. The van der Waals surface area contributed by atoms with E-state index in [4.69, 9.17) is 4.43 Å². The summed E-state index contributed by atoms with van der Waals surface area (Å²) in [5.74, 6) is 0. The van der Waals surface area contributed by atoms with Gasteiger partial charge in [-0.2, -0.15) is 0 Å². The molecule has 0 N–H and O–H groups in total. The lowest BCUT2D eigenvalue weighted by molar-refractivity contribution is 0.229. The van der Waals surface area contributed by atoms with E-state index < -0.39 is 8.32 Å². The van der Waals surface area contributed by atoms with Crippen LogP contribution >= 0.6 is 0 Å². The van der Waals surface area contributed by atoms with Gasteiger partial charge in [0.15, 0.2) is 8.32 Å². The summed E-state index contributed by atoms with van der Waals surface area (Å²) in [7, 11) is -1.79. The summed E-state index contributed by atoms with van der Waals surface area (Å²) in [5, 5.41) is 0.210. The molecule has 0 saturated carbocycles. The van der Waals surface area contributed by atoms with Crippen LogP contribution in [-0.4, -0.2) is 8.32 Å². The molecule has 0 aliphatic carbocycles. The number of rotatable bonds is 5. The van der Waals surface area contributed by atoms with Crippen molar-refractivity contribution in [3.63, 3.8) is 0 Å². The standard InChI is InChI=1S/C17H26OSi/c1-7-8-14-16(15-12-10-9-11-13-15)18-19(5,6)17(2,3)4/h7-14,16H,1H2,2-6H3/b14-8+/t16-/m1/s1. The summed E-state index contributed by atoms with van der Waals surface area (Å²) in [4.78, 5) is 0. The Labute approximate surface area is 119 Å². The zero-order chi connectivity index (χ0) is 14.5. The number of benzene rings is 1. The van der Waals surface area contributed by atoms with Crippen LogP contribution in [0, 0.1) is 0 Å². The van der Waals surface area contributed by atoms with Gasteiger partial charge in [-0.3, -0.25) is 0 Å². The van der Waals surface area contributed by atoms with E-state index in [1.165, 1.54) is 5.56 Å². The summed E-state index contributed by atoms with van der Waals surface area (Å²) in [6.45, 7) is 15.1. The van der Waals surface area contributed by atoms with Crippen molar-refractivity contribution in [3.05, 3.63) is 60.7 Å². The highest BCUT2D eigenvalue weighted by molar-refractivity contribution is 6.74. The van der Waals surface area contributed by atoms with Gasteiger partial charge in [0, 0.05) is 0 Å². The minimum absolute atomic E-state index is 0.0140. The molecule has 0 aliphatic heterocycles. The molecule has 1 aromatic carbocycles. The van der Waals surface area contributed by atoms with E-state index in [-0.39, 0.29) is 11.1 Å². The van der Waals surface area contributed by atoms with Crippen LogP contribution in [0.1, 0.15) is 32.4 Å². The molecule has 1 aromatic rings. The second-order valence-corrected chi connectivity index (χ2v) is 11.1. The van der Waals surface area contributed by atoms with Crippen molar-refractivity contribution in [2.24, 2.45) is 0 Å². The van der Waals surface area contributed by atoms with E-state index in [0.29, 0.717) is 0 Å². The highest BCUT2D eigenvalue weighted by atomic mass is 28.4. The predicted octanol–water partition coefficient (Wildman–Crippen LogP) is 5.49. The van der Waals surface area contributed by atoms with Gasteiger partial charge in [-0.15, -0.1) is 0 Å². The molecule has 0 heterocycles. The van der Waals surface area contributed by atoms with Gasteiger partial charge in [-0.1, -0.05) is 75.9 Å². The van der Waals surface area contributed by atoms with E-state index in [2.05, 4.69) is 70.8 Å². The van der Waals surface area contributed by atoms with Crippen LogP contribution in [0.4, 0.5) is 0 Å². The van der Waals surface area contributed by atoms with Crippen LogP contribution in [0.2, 0.25) is 18.1 Å². The van der Waals surface area contributed by atoms with Crippen molar-refractivity contribution < 1.29 is 4.43 Å². The molecule has 0 spiro atoms. The molecule has 1 nitrogen and oxygen atoms in total. The fourth-order valence-electron chi connectivity index (χ4n) is 1.53. The first-order valence-electron chi connectivity index (χ1n) is 6.80. The van der Waals surface area contributed by atoms with Crippen molar-refractivity contribution >= 4 is 8.32 Å².